The Morgan fingerprint density at radius 2 is 1.80 bits per heavy atom. The number of ether oxygens (including phenoxy) is 1. The first-order valence-electron chi connectivity index (χ1n) is 8.61. The number of carbonyl (C=O) groups is 2. The number of nitrogens with zero attached hydrogens (tertiary/aromatic N) is 4. The minimum atomic E-state index is -0.973. The number of aromatic nitrogens is 1. The Hall–Kier alpha value is -2.19. The van der Waals surface area contributed by atoms with Gasteiger partial charge in [-0.1, -0.05) is 0 Å². The van der Waals surface area contributed by atoms with Crippen LogP contribution in [-0.2, 0) is 9.53 Å². The molecule has 1 amide bonds. The molecule has 1 atom stereocenters. The smallest absolute Gasteiger partial charge is 0.337 e. The van der Waals surface area contributed by atoms with Gasteiger partial charge in [-0.05, 0) is 19.1 Å². The molecule has 0 bridgehead atoms. The van der Waals surface area contributed by atoms with Gasteiger partial charge in [-0.15, -0.1) is 0 Å². The summed E-state index contributed by atoms with van der Waals surface area (Å²) in [4.78, 5) is 33.9. The largest absolute Gasteiger partial charge is 0.478 e. The SMILES string of the molecule is CC(C(=O)N1CCOCC1)N1CCN(c2ccc(C(=O)O)cn2)CC1. The van der Waals surface area contributed by atoms with Crippen LogP contribution in [0.15, 0.2) is 18.3 Å². The zero-order valence-electron chi connectivity index (χ0n) is 14.4. The zero-order chi connectivity index (χ0) is 17.8. The van der Waals surface area contributed by atoms with Crippen LogP contribution in [0, 0.1) is 0 Å². The molecule has 3 heterocycles. The first-order valence-corrected chi connectivity index (χ1v) is 8.61. The lowest BCUT2D eigenvalue weighted by atomic mass is 10.2. The van der Waals surface area contributed by atoms with Crippen molar-refractivity contribution in [2.24, 2.45) is 0 Å². The average Bonchev–Trinajstić information content (AvgIpc) is 2.67. The van der Waals surface area contributed by atoms with Crippen LogP contribution in [0.5, 0.6) is 0 Å². The van der Waals surface area contributed by atoms with E-state index in [0.717, 1.165) is 32.0 Å². The van der Waals surface area contributed by atoms with Gasteiger partial charge in [-0.2, -0.15) is 0 Å². The molecule has 2 fully saturated rings. The summed E-state index contributed by atoms with van der Waals surface area (Å²) in [6.07, 6.45) is 1.38. The fourth-order valence-corrected chi connectivity index (χ4v) is 3.24. The Labute approximate surface area is 147 Å². The van der Waals surface area contributed by atoms with Gasteiger partial charge < -0.3 is 19.6 Å². The summed E-state index contributed by atoms with van der Waals surface area (Å²) in [5.41, 5.74) is 0.187. The highest BCUT2D eigenvalue weighted by Crippen LogP contribution is 2.16. The number of pyridine rings is 1. The first-order chi connectivity index (χ1) is 12.1. The predicted molar refractivity (Wildman–Crippen MR) is 91.8 cm³/mol. The number of carboxylic acids is 1. The van der Waals surface area contributed by atoms with Crippen molar-refractivity contribution in [3.05, 3.63) is 23.9 Å². The molecule has 2 aliphatic rings. The molecule has 0 aliphatic carbocycles. The van der Waals surface area contributed by atoms with Gasteiger partial charge in [-0.25, -0.2) is 9.78 Å². The van der Waals surface area contributed by atoms with E-state index >= 15 is 0 Å². The summed E-state index contributed by atoms with van der Waals surface area (Å²) in [7, 11) is 0. The normalized spacial score (nSPS) is 20.4. The summed E-state index contributed by atoms with van der Waals surface area (Å²) in [6.45, 7) is 7.62. The summed E-state index contributed by atoms with van der Waals surface area (Å²) in [6, 6.07) is 3.17. The first kappa shape index (κ1) is 17.6. The molecule has 2 aliphatic heterocycles. The van der Waals surface area contributed by atoms with E-state index in [1.54, 1.807) is 12.1 Å². The third-order valence-electron chi connectivity index (χ3n) is 4.86. The van der Waals surface area contributed by atoms with E-state index in [-0.39, 0.29) is 17.5 Å². The Bertz CT molecular complexity index is 608. The number of aromatic carboxylic acids is 1. The molecule has 0 spiro atoms. The molecule has 1 N–H and O–H groups in total. The molecular weight excluding hydrogens is 324 g/mol. The van der Waals surface area contributed by atoms with Crippen LogP contribution in [0.4, 0.5) is 5.82 Å². The van der Waals surface area contributed by atoms with Crippen molar-refractivity contribution in [3.8, 4) is 0 Å². The van der Waals surface area contributed by atoms with E-state index in [1.807, 2.05) is 11.8 Å². The molecule has 3 rings (SSSR count). The second-order valence-corrected chi connectivity index (χ2v) is 6.35. The van der Waals surface area contributed by atoms with Crippen molar-refractivity contribution in [3.63, 3.8) is 0 Å². The highest BCUT2D eigenvalue weighted by Gasteiger charge is 2.29. The number of anilines is 1. The monoisotopic (exact) mass is 348 g/mol. The fourth-order valence-electron chi connectivity index (χ4n) is 3.24. The topological polar surface area (TPSA) is 86.2 Å². The summed E-state index contributed by atoms with van der Waals surface area (Å²) in [5.74, 6) is -0.0307. The maximum Gasteiger partial charge on any atom is 0.337 e. The molecule has 2 saturated heterocycles. The van der Waals surface area contributed by atoms with Gasteiger partial charge in [-0.3, -0.25) is 9.69 Å². The minimum Gasteiger partial charge on any atom is -0.478 e. The Balaban J connectivity index is 1.54. The second-order valence-electron chi connectivity index (χ2n) is 6.35. The third kappa shape index (κ3) is 4.08. The lowest BCUT2D eigenvalue weighted by molar-refractivity contribution is -0.140. The molecule has 1 unspecified atom stereocenters. The number of morpholine rings is 1. The van der Waals surface area contributed by atoms with Gasteiger partial charge in [0.1, 0.15) is 5.82 Å². The van der Waals surface area contributed by atoms with Gasteiger partial charge in [0, 0.05) is 45.5 Å². The Morgan fingerprint density at radius 3 is 2.36 bits per heavy atom. The molecule has 25 heavy (non-hydrogen) atoms. The van der Waals surface area contributed by atoms with Gasteiger partial charge >= 0.3 is 5.97 Å². The van der Waals surface area contributed by atoms with Crippen LogP contribution in [0.3, 0.4) is 0 Å². The molecule has 136 valence electrons. The molecule has 1 aromatic rings. The van der Waals surface area contributed by atoms with Gasteiger partial charge in [0.25, 0.3) is 0 Å². The zero-order valence-corrected chi connectivity index (χ0v) is 14.4. The van der Waals surface area contributed by atoms with Crippen molar-refractivity contribution in [2.75, 3.05) is 57.4 Å². The molecule has 0 saturated carbocycles. The molecule has 1 aromatic heterocycles. The number of carboxylic acid groups (broad SMARTS) is 1. The molecule has 0 radical (unpaired) electrons. The number of hydrogen-bond donors (Lipinski definition) is 1. The second kappa shape index (κ2) is 7.79. The predicted octanol–water partition coefficient (Wildman–Crippen LogP) is 0.149. The van der Waals surface area contributed by atoms with Crippen LogP contribution in [-0.4, -0.2) is 90.3 Å². The number of rotatable bonds is 4. The van der Waals surface area contributed by atoms with Crippen molar-refractivity contribution in [1.82, 2.24) is 14.8 Å². The van der Waals surface area contributed by atoms with Crippen LogP contribution in [0.25, 0.3) is 0 Å². The highest BCUT2D eigenvalue weighted by molar-refractivity contribution is 5.87. The van der Waals surface area contributed by atoms with Crippen molar-refractivity contribution >= 4 is 17.7 Å². The van der Waals surface area contributed by atoms with Crippen LogP contribution in [0.1, 0.15) is 17.3 Å². The maximum absolute atomic E-state index is 12.6. The van der Waals surface area contributed by atoms with Crippen molar-refractivity contribution in [1.29, 1.82) is 0 Å². The van der Waals surface area contributed by atoms with Crippen LogP contribution < -0.4 is 4.90 Å². The van der Waals surface area contributed by atoms with Gasteiger partial charge in [0.15, 0.2) is 0 Å². The van der Waals surface area contributed by atoms with Gasteiger partial charge in [0.2, 0.25) is 5.91 Å². The number of hydrogen-bond acceptors (Lipinski definition) is 6. The van der Waals surface area contributed by atoms with Crippen molar-refractivity contribution in [2.45, 2.75) is 13.0 Å². The maximum atomic E-state index is 12.6. The van der Waals surface area contributed by atoms with E-state index in [2.05, 4.69) is 14.8 Å². The number of amides is 1. The van der Waals surface area contributed by atoms with E-state index < -0.39 is 5.97 Å². The standard InChI is InChI=1S/C17H24N4O4/c1-13(16(22)21-8-10-25-11-9-21)19-4-6-20(7-5-19)15-3-2-14(12-18-15)17(23)24/h2-3,12-13H,4-11H2,1H3,(H,23,24). The van der Waals surface area contributed by atoms with Gasteiger partial charge in [0.05, 0.1) is 24.8 Å². The lowest BCUT2D eigenvalue weighted by Gasteiger charge is -2.40. The molecular formula is C17H24N4O4. The van der Waals surface area contributed by atoms with E-state index in [0.29, 0.717) is 26.3 Å². The number of piperazine rings is 1. The van der Waals surface area contributed by atoms with Crippen molar-refractivity contribution < 1.29 is 19.4 Å². The lowest BCUT2D eigenvalue weighted by Crippen LogP contribution is -2.56. The summed E-state index contributed by atoms with van der Waals surface area (Å²) in [5, 5.41) is 8.94. The highest BCUT2D eigenvalue weighted by atomic mass is 16.5. The Kier molecular flexibility index (Phi) is 5.50. The van der Waals surface area contributed by atoms with Crippen LogP contribution in [0.2, 0.25) is 0 Å². The van der Waals surface area contributed by atoms with E-state index in [9.17, 15) is 9.59 Å². The summed E-state index contributed by atoms with van der Waals surface area (Å²) < 4.78 is 5.30. The quantitative estimate of drug-likeness (QED) is 0.829. The summed E-state index contributed by atoms with van der Waals surface area (Å²) >= 11 is 0. The average molecular weight is 348 g/mol. The minimum absolute atomic E-state index is 0.136. The van der Waals surface area contributed by atoms with Crippen LogP contribution >= 0.6 is 0 Å². The van der Waals surface area contributed by atoms with E-state index in [1.165, 1.54) is 6.20 Å². The Morgan fingerprint density at radius 1 is 1.12 bits per heavy atom. The molecule has 8 heteroatoms. The fraction of sp³-hybridized carbons (Fsp3) is 0.588. The molecule has 8 nitrogen and oxygen atoms in total. The van der Waals surface area contributed by atoms with E-state index in [4.69, 9.17) is 9.84 Å². The molecule has 0 aromatic carbocycles. The third-order valence-corrected chi connectivity index (χ3v) is 4.86. The number of carbonyl (C=O) groups excluding carboxylic acids is 1.